The van der Waals surface area contributed by atoms with Crippen molar-refractivity contribution in [2.24, 2.45) is 0 Å². The number of nitro groups is 1. The number of hydrogen-bond acceptors (Lipinski definition) is 4. The normalized spacial score (nSPS) is 18.6. The van der Waals surface area contributed by atoms with Crippen LogP contribution in [0.4, 0.5) is 11.4 Å². The fraction of sp³-hybridized carbons (Fsp3) is 0.500. The van der Waals surface area contributed by atoms with Crippen molar-refractivity contribution in [1.29, 1.82) is 0 Å². The molecule has 1 heterocycles. The minimum Gasteiger partial charge on any atom is -0.324 e. The molecule has 0 bridgehead atoms. The molecule has 1 aliphatic heterocycles. The Bertz CT molecular complexity index is 537. The molecule has 6 heteroatoms. The molecule has 0 saturated carbocycles. The molecule has 1 atom stereocenters. The summed E-state index contributed by atoms with van der Waals surface area (Å²) in [6, 6.07) is 2.99. The molecular weight excluding hydrogens is 258 g/mol. The zero-order chi connectivity index (χ0) is 14.7. The lowest BCUT2D eigenvalue weighted by Crippen LogP contribution is -2.43. The van der Waals surface area contributed by atoms with Crippen molar-refractivity contribution >= 4 is 17.3 Å². The summed E-state index contributed by atoms with van der Waals surface area (Å²) in [6.07, 6.45) is 2.97. The molecule has 1 aromatic carbocycles. The smallest absolute Gasteiger partial charge is 0.272 e. The van der Waals surface area contributed by atoms with Crippen molar-refractivity contribution in [3.05, 3.63) is 33.4 Å². The molecule has 20 heavy (non-hydrogen) atoms. The van der Waals surface area contributed by atoms with Gasteiger partial charge in [-0.1, -0.05) is 6.42 Å². The van der Waals surface area contributed by atoms with Gasteiger partial charge in [-0.25, -0.2) is 0 Å². The summed E-state index contributed by atoms with van der Waals surface area (Å²) in [5, 5.41) is 16.9. The van der Waals surface area contributed by atoms with E-state index in [9.17, 15) is 14.9 Å². The Kier molecular flexibility index (Phi) is 4.34. The number of anilines is 1. The molecule has 108 valence electrons. The minimum absolute atomic E-state index is 0.0685. The van der Waals surface area contributed by atoms with Gasteiger partial charge in [0.1, 0.15) is 0 Å². The Balaban J connectivity index is 2.15. The topological polar surface area (TPSA) is 84.3 Å². The first kappa shape index (κ1) is 14.5. The van der Waals surface area contributed by atoms with Crippen molar-refractivity contribution in [3.63, 3.8) is 0 Å². The molecule has 1 fully saturated rings. The van der Waals surface area contributed by atoms with Gasteiger partial charge in [0, 0.05) is 17.3 Å². The van der Waals surface area contributed by atoms with E-state index in [-0.39, 0.29) is 17.6 Å². The van der Waals surface area contributed by atoms with Gasteiger partial charge in [0.05, 0.1) is 11.0 Å². The lowest BCUT2D eigenvalue weighted by Gasteiger charge is -2.23. The van der Waals surface area contributed by atoms with Crippen LogP contribution in [0, 0.1) is 24.0 Å². The van der Waals surface area contributed by atoms with Gasteiger partial charge >= 0.3 is 0 Å². The number of hydrogen-bond donors (Lipinski definition) is 2. The second-order valence-corrected chi connectivity index (χ2v) is 5.20. The van der Waals surface area contributed by atoms with Crippen LogP contribution in [-0.2, 0) is 4.79 Å². The predicted molar refractivity (Wildman–Crippen MR) is 76.8 cm³/mol. The van der Waals surface area contributed by atoms with Crippen LogP contribution >= 0.6 is 0 Å². The van der Waals surface area contributed by atoms with Crippen LogP contribution in [0.2, 0.25) is 0 Å². The van der Waals surface area contributed by atoms with Crippen molar-refractivity contribution in [3.8, 4) is 0 Å². The fourth-order valence-electron chi connectivity index (χ4n) is 2.43. The number of amides is 1. The summed E-state index contributed by atoms with van der Waals surface area (Å²) >= 11 is 0. The number of rotatable bonds is 3. The maximum atomic E-state index is 12.1. The molecule has 6 nitrogen and oxygen atoms in total. The van der Waals surface area contributed by atoms with E-state index >= 15 is 0 Å². The highest BCUT2D eigenvalue weighted by molar-refractivity contribution is 5.95. The molecule has 2 rings (SSSR count). The average molecular weight is 277 g/mol. The molecular formula is C14H19N3O3. The summed E-state index contributed by atoms with van der Waals surface area (Å²) < 4.78 is 0. The summed E-state index contributed by atoms with van der Waals surface area (Å²) in [5.74, 6) is -0.0685. The van der Waals surface area contributed by atoms with Crippen LogP contribution in [0.25, 0.3) is 0 Å². The van der Waals surface area contributed by atoms with Crippen LogP contribution in [-0.4, -0.2) is 23.4 Å². The van der Waals surface area contributed by atoms with E-state index in [0.717, 1.165) is 25.8 Å². The second-order valence-electron chi connectivity index (χ2n) is 5.20. The largest absolute Gasteiger partial charge is 0.324 e. The van der Waals surface area contributed by atoms with E-state index in [1.165, 1.54) is 6.07 Å². The maximum Gasteiger partial charge on any atom is 0.272 e. The molecule has 0 spiro atoms. The highest BCUT2D eigenvalue weighted by Gasteiger charge is 2.22. The molecule has 1 saturated heterocycles. The van der Waals surface area contributed by atoms with Crippen LogP contribution in [0.15, 0.2) is 12.1 Å². The third-order valence-corrected chi connectivity index (χ3v) is 3.62. The molecule has 0 radical (unpaired) electrons. The molecule has 1 amide bonds. The van der Waals surface area contributed by atoms with Crippen molar-refractivity contribution in [1.82, 2.24) is 5.32 Å². The maximum absolute atomic E-state index is 12.1. The van der Waals surface area contributed by atoms with Crippen molar-refractivity contribution in [2.75, 3.05) is 11.9 Å². The molecule has 2 N–H and O–H groups in total. The zero-order valence-corrected chi connectivity index (χ0v) is 11.7. The average Bonchev–Trinajstić information content (AvgIpc) is 2.43. The third kappa shape index (κ3) is 3.14. The zero-order valence-electron chi connectivity index (χ0n) is 11.7. The first-order valence-corrected chi connectivity index (χ1v) is 6.79. The van der Waals surface area contributed by atoms with Gasteiger partial charge in [-0.15, -0.1) is 0 Å². The Labute approximate surface area is 117 Å². The number of nitro benzene ring substituents is 1. The van der Waals surface area contributed by atoms with Crippen LogP contribution in [0.3, 0.4) is 0 Å². The van der Waals surface area contributed by atoms with Crippen LogP contribution < -0.4 is 10.6 Å². The number of nitrogens with one attached hydrogen (secondary N) is 2. The van der Waals surface area contributed by atoms with Gasteiger partial charge < -0.3 is 10.6 Å². The standard InChI is InChI=1S/C14H19N3O3/c1-9-8-13(17(19)20)10(2)7-12(9)16-14(18)11-5-3-4-6-15-11/h7-8,11,15H,3-6H2,1-2H3,(H,16,18)/t11-/m1/s1. The van der Waals surface area contributed by atoms with Crippen LogP contribution in [0.5, 0.6) is 0 Å². The van der Waals surface area contributed by atoms with E-state index in [1.54, 1.807) is 19.9 Å². The molecule has 0 aliphatic carbocycles. The molecule has 0 aromatic heterocycles. The van der Waals surface area contributed by atoms with E-state index < -0.39 is 4.92 Å². The van der Waals surface area contributed by atoms with Gasteiger partial charge in [0.2, 0.25) is 5.91 Å². The lowest BCUT2D eigenvalue weighted by atomic mass is 10.0. The summed E-state index contributed by atoms with van der Waals surface area (Å²) in [7, 11) is 0. The SMILES string of the molecule is Cc1cc([N+](=O)[O-])c(C)cc1NC(=O)[C@H]1CCCCN1. The lowest BCUT2D eigenvalue weighted by molar-refractivity contribution is -0.385. The Hall–Kier alpha value is -1.95. The van der Waals surface area contributed by atoms with Gasteiger partial charge in [0.15, 0.2) is 0 Å². The van der Waals surface area contributed by atoms with E-state index in [2.05, 4.69) is 10.6 Å². The number of aryl methyl sites for hydroxylation is 2. The van der Waals surface area contributed by atoms with Gasteiger partial charge in [-0.2, -0.15) is 0 Å². The quantitative estimate of drug-likeness (QED) is 0.655. The predicted octanol–water partition coefficient (Wildman–Crippen LogP) is 2.29. The molecule has 0 unspecified atom stereocenters. The highest BCUT2D eigenvalue weighted by Crippen LogP contribution is 2.26. The van der Waals surface area contributed by atoms with E-state index in [1.807, 2.05) is 0 Å². The molecule has 1 aliphatic rings. The Morgan fingerprint density at radius 1 is 1.35 bits per heavy atom. The van der Waals surface area contributed by atoms with E-state index in [4.69, 9.17) is 0 Å². The molecule has 1 aromatic rings. The minimum atomic E-state index is -0.406. The van der Waals surface area contributed by atoms with Gasteiger partial charge in [-0.3, -0.25) is 14.9 Å². The monoisotopic (exact) mass is 277 g/mol. The number of carbonyl (C=O) groups is 1. The van der Waals surface area contributed by atoms with Gasteiger partial charge in [-0.05, 0) is 44.9 Å². The van der Waals surface area contributed by atoms with E-state index in [0.29, 0.717) is 16.8 Å². The third-order valence-electron chi connectivity index (χ3n) is 3.62. The number of carbonyl (C=O) groups excluding carboxylic acids is 1. The highest BCUT2D eigenvalue weighted by atomic mass is 16.6. The van der Waals surface area contributed by atoms with Crippen molar-refractivity contribution < 1.29 is 9.72 Å². The summed E-state index contributed by atoms with van der Waals surface area (Å²) in [5.41, 5.74) is 1.97. The number of nitrogens with zero attached hydrogens (tertiary/aromatic N) is 1. The second kappa shape index (κ2) is 6.00. The number of benzene rings is 1. The number of piperidine rings is 1. The van der Waals surface area contributed by atoms with Crippen molar-refractivity contribution in [2.45, 2.75) is 39.2 Å². The van der Waals surface area contributed by atoms with Gasteiger partial charge in [0.25, 0.3) is 5.69 Å². The Morgan fingerprint density at radius 3 is 2.70 bits per heavy atom. The Morgan fingerprint density at radius 2 is 2.10 bits per heavy atom. The van der Waals surface area contributed by atoms with Crippen LogP contribution in [0.1, 0.15) is 30.4 Å². The summed E-state index contributed by atoms with van der Waals surface area (Å²) in [4.78, 5) is 22.6. The fourth-order valence-corrected chi connectivity index (χ4v) is 2.43. The first-order chi connectivity index (χ1) is 9.49. The summed E-state index contributed by atoms with van der Waals surface area (Å²) in [6.45, 7) is 4.29. The first-order valence-electron chi connectivity index (χ1n) is 6.79.